The van der Waals surface area contributed by atoms with E-state index in [0.717, 1.165) is 0 Å². The number of alkyl halides is 1. The molecule has 0 aromatic carbocycles. The molecule has 0 amide bonds. The van der Waals surface area contributed by atoms with E-state index in [2.05, 4.69) is 14.9 Å². The van der Waals surface area contributed by atoms with Gasteiger partial charge in [-0.1, -0.05) is 13.8 Å². The predicted octanol–water partition coefficient (Wildman–Crippen LogP) is 0.951. The van der Waals surface area contributed by atoms with Crippen molar-refractivity contribution in [3.63, 3.8) is 0 Å². The molecule has 7 heteroatoms. The topological polar surface area (TPSA) is 74.8 Å². The Kier molecular flexibility index (Phi) is 4.12. The molecule has 0 radical (unpaired) electrons. The minimum absolute atomic E-state index is 0.0510. The van der Waals surface area contributed by atoms with Crippen molar-refractivity contribution in [1.29, 1.82) is 0 Å². The lowest BCUT2D eigenvalue weighted by molar-refractivity contribution is 0.553. The van der Waals surface area contributed by atoms with Gasteiger partial charge in [-0.2, -0.15) is 5.10 Å². The summed E-state index contributed by atoms with van der Waals surface area (Å²) in [7, 11) is -3.50. The summed E-state index contributed by atoms with van der Waals surface area (Å²) in [6.45, 7) is 4.07. The smallest absolute Gasteiger partial charge is 0.257 e. The lowest BCUT2D eigenvalue weighted by atomic mass is 10.1. The Hall–Kier alpha value is -0.590. The third-order valence-corrected chi connectivity index (χ3v) is 3.97. The van der Waals surface area contributed by atoms with Gasteiger partial charge in [-0.25, -0.2) is 13.1 Å². The van der Waals surface area contributed by atoms with Crippen molar-refractivity contribution in [1.82, 2.24) is 14.9 Å². The van der Waals surface area contributed by atoms with E-state index < -0.39 is 10.0 Å². The second kappa shape index (κ2) is 4.96. The summed E-state index contributed by atoms with van der Waals surface area (Å²) >= 11 is 5.93. The van der Waals surface area contributed by atoms with Crippen molar-refractivity contribution in [2.24, 2.45) is 5.92 Å². The molecule has 15 heavy (non-hydrogen) atoms. The third-order valence-electron chi connectivity index (χ3n) is 1.96. The minimum Gasteiger partial charge on any atom is -0.266 e. The first-order valence-electron chi connectivity index (χ1n) is 4.56. The largest absolute Gasteiger partial charge is 0.266 e. The Bertz CT molecular complexity index is 388. The first-order chi connectivity index (χ1) is 6.93. The second-order valence-electron chi connectivity index (χ2n) is 3.53. The van der Waals surface area contributed by atoms with Gasteiger partial charge in [0.25, 0.3) is 10.0 Å². The quantitative estimate of drug-likeness (QED) is 0.766. The maximum Gasteiger partial charge on any atom is 0.257 e. The summed E-state index contributed by atoms with van der Waals surface area (Å²) in [5.74, 6) is 0.219. The Morgan fingerprint density at radius 2 is 2.27 bits per heavy atom. The van der Waals surface area contributed by atoms with Crippen molar-refractivity contribution < 1.29 is 8.42 Å². The number of hydrogen-bond acceptors (Lipinski definition) is 3. The number of halogens is 1. The van der Waals surface area contributed by atoms with Gasteiger partial charge in [-0.15, -0.1) is 11.6 Å². The Morgan fingerprint density at radius 3 is 2.73 bits per heavy atom. The fourth-order valence-corrected chi connectivity index (χ4v) is 2.03. The summed E-state index contributed by atoms with van der Waals surface area (Å²) in [6.07, 6.45) is 1.38. The maximum absolute atomic E-state index is 11.6. The van der Waals surface area contributed by atoms with Crippen molar-refractivity contribution >= 4 is 21.6 Å². The lowest BCUT2D eigenvalue weighted by Gasteiger charge is -2.13. The summed E-state index contributed by atoms with van der Waals surface area (Å²) in [6, 6.07) is 1.39. The molecule has 0 aliphatic rings. The van der Waals surface area contributed by atoms with Crippen LogP contribution in [0.25, 0.3) is 0 Å². The maximum atomic E-state index is 11.6. The number of aromatic amines is 1. The summed E-state index contributed by atoms with van der Waals surface area (Å²) in [5.41, 5.74) is 0. The average Bonchev–Trinajstić information content (AvgIpc) is 2.67. The van der Waals surface area contributed by atoms with Crippen molar-refractivity contribution in [3.05, 3.63) is 12.3 Å². The minimum atomic E-state index is -3.50. The van der Waals surface area contributed by atoms with E-state index in [0.29, 0.717) is 0 Å². The van der Waals surface area contributed by atoms with Crippen molar-refractivity contribution in [2.45, 2.75) is 24.3 Å². The van der Waals surface area contributed by atoms with Gasteiger partial charge in [0.05, 0.1) is 6.20 Å². The molecule has 1 atom stereocenters. The van der Waals surface area contributed by atoms with Crippen LogP contribution in [-0.4, -0.2) is 30.5 Å². The van der Waals surface area contributed by atoms with Crippen LogP contribution in [0, 0.1) is 5.92 Å². The Labute approximate surface area is 94.3 Å². The molecule has 0 aliphatic heterocycles. The predicted molar refractivity (Wildman–Crippen MR) is 58.3 cm³/mol. The molecule has 1 unspecified atom stereocenters. The van der Waals surface area contributed by atoms with E-state index in [-0.39, 0.29) is 22.9 Å². The van der Waals surface area contributed by atoms with Gasteiger partial charge in [0.2, 0.25) is 0 Å². The van der Waals surface area contributed by atoms with Gasteiger partial charge in [0.15, 0.2) is 5.03 Å². The average molecular weight is 252 g/mol. The van der Waals surface area contributed by atoms with Crippen LogP contribution in [-0.2, 0) is 10.0 Å². The number of aromatic nitrogens is 2. The van der Waals surface area contributed by atoms with Crippen molar-refractivity contribution in [2.75, 3.05) is 6.54 Å². The SMILES string of the molecule is CC(C)C(Cl)CNS(=O)(=O)c1ccn[nH]1. The molecule has 1 aromatic heterocycles. The molecule has 86 valence electrons. The molecule has 5 nitrogen and oxygen atoms in total. The first-order valence-corrected chi connectivity index (χ1v) is 6.48. The number of sulfonamides is 1. The van der Waals surface area contributed by atoms with Crippen LogP contribution in [0.15, 0.2) is 17.3 Å². The van der Waals surface area contributed by atoms with E-state index in [9.17, 15) is 8.42 Å². The summed E-state index contributed by atoms with van der Waals surface area (Å²) in [4.78, 5) is 0. The number of rotatable bonds is 5. The fourth-order valence-electron chi connectivity index (χ4n) is 0.896. The number of nitrogens with zero attached hydrogens (tertiary/aromatic N) is 1. The highest BCUT2D eigenvalue weighted by Gasteiger charge is 2.18. The van der Waals surface area contributed by atoms with E-state index in [1.54, 1.807) is 0 Å². The monoisotopic (exact) mass is 251 g/mol. The van der Waals surface area contributed by atoms with Crippen LogP contribution >= 0.6 is 11.6 Å². The Balaban J connectivity index is 2.59. The van der Waals surface area contributed by atoms with Gasteiger partial charge in [0, 0.05) is 11.9 Å². The molecule has 1 aromatic rings. The molecule has 1 heterocycles. The van der Waals surface area contributed by atoms with E-state index >= 15 is 0 Å². The molecule has 0 spiro atoms. The highest BCUT2D eigenvalue weighted by atomic mass is 35.5. The fraction of sp³-hybridized carbons (Fsp3) is 0.625. The molecule has 0 bridgehead atoms. The van der Waals surface area contributed by atoms with Gasteiger partial charge in [-0.05, 0) is 12.0 Å². The number of hydrogen-bond donors (Lipinski definition) is 2. The van der Waals surface area contributed by atoms with Crippen LogP contribution in [0.2, 0.25) is 0 Å². The normalized spacial score (nSPS) is 14.4. The third kappa shape index (κ3) is 3.48. The van der Waals surface area contributed by atoms with Crippen LogP contribution in [0.4, 0.5) is 0 Å². The molecule has 1 rings (SSSR count). The van der Waals surface area contributed by atoms with Crippen LogP contribution in [0.3, 0.4) is 0 Å². The van der Waals surface area contributed by atoms with E-state index in [1.165, 1.54) is 12.3 Å². The molecular formula is C8H14ClN3O2S. The molecule has 0 saturated heterocycles. The molecular weight excluding hydrogens is 238 g/mol. The highest BCUT2D eigenvalue weighted by Crippen LogP contribution is 2.09. The van der Waals surface area contributed by atoms with Gasteiger partial charge in [0.1, 0.15) is 0 Å². The van der Waals surface area contributed by atoms with E-state index in [4.69, 9.17) is 11.6 Å². The first kappa shape index (κ1) is 12.5. The van der Waals surface area contributed by atoms with Gasteiger partial charge < -0.3 is 0 Å². The summed E-state index contributed by atoms with van der Waals surface area (Å²) < 4.78 is 25.6. The molecule has 2 N–H and O–H groups in total. The molecule has 0 aliphatic carbocycles. The molecule has 0 fully saturated rings. The second-order valence-corrected chi connectivity index (χ2v) is 5.83. The van der Waals surface area contributed by atoms with Crippen LogP contribution < -0.4 is 4.72 Å². The lowest BCUT2D eigenvalue weighted by Crippen LogP contribution is -2.32. The number of nitrogens with one attached hydrogen (secondary N) is 2. The zero-order chi connectivity index (χ0) is 11.5. The molecule has 0 saturated carbocycles. The zero-order valence-electron chi connectivity index (χ0n) is 8.57. The van der Waals surface area contributed by atoms with Gasteiger partial charge >= 0.3 is 0 Å². The highest BCUT2D eigenvalue weighted by molar-refractivity contribution is 7.89. The number of H-pyrrole nitrogens is 1. The standard InChI is InChI=1S/C8H14ClN3O2S/c1-6(2)7(9)5-11-15(13,14)8-3-4-10-12-8/h3-4,6-7,11H,5H2,1-2H3,(H,10,12). The van der Waals surface area contributed by atoms with Crippen LogP contribution in [0.1, 0.15) is 13.8 Å². The van der Waals surface area contributed by atoms with E-state index in [1.807, 2.05) is 13.8 Å². The zero-order valence-corrected chi connectivity index (χ0v) is 10.1. The summed E-state index contributed by atoms with van der Waals surface area (Å²) in [5, 5.41) is 5.79. The Morgan fingerprint density at radius 1 is 1.60 bits per heavy atom. The van der Waals surface area contributed by atoms with Gasteiger partial charge in [-0.3, -0.25) is 5.10 Å². The van der Waals surface area contributed by atoms with Crippen molar-refractivity contribution in [3.8, 4) is 0 Å². The van der Waals surface area contributed by atoms with Crippen LogP contribution in [0.5, 0.6) is 0 Å².